The van der Waals surface area contributed by atoms with Crippen molar-refractivity contribution in [3.8, 4) is 0 Å². The molecule has 1 unspecified atom stereocenters. The van der Waals surface area contributed by atoms with E-state index < -0.39 is 5.69 Å². The molecule has 1 atom stereocenters. The van der Waals surface area contributed by atoms with E-state index in [1.165, 1.54) is 4.57 Å². The summed E-state index contributed by atoms with van der Waals surface area (Å²) in [6.45, 7) is 8.13. The lowest BCUT2D eigenvalue weighted by atomic mass is 9.97. The Bertz CT molecular complexity index is 775. The van der Waals surface area contributed by atoms with Crippen molar-refractivity contribution < 1.29 is 4.74 Å². The van der Waals surface area contributed by atoms with Crippen LogP contribution in [0.4, 0.5) is 0 Å². The highest BCUT2D eigenvalue weighted by Crippen LogP contribution is 2.19. The van der Waals surface area contributed by atoms with Gasteiger partial charge in [-0.05, 0) is 12.5 Å². The third kappa shape index (κ3) is 3.87. The lowest BCUT2D eigenvalue weighted by Gasteiger charge is -2.18. The van der Waals surface area contributed by atoms with Crippen molar-refractivity contribution in [2.75, 3.05) is 6.61 Å². The fourth-order valence-corrected chi connectivity index (χ4v) is 2.52. The van der Waals surface area contributed by atoms with Crippen LogP contribution in [0.25, 0.3) is 0 Å². The van der Waals surface area contributed by atoms with Gasteiger partial charge in [0.15, 0.2) is 0 Å². The van der Waals surface area contributed by atoms with Crippen LogP contribution in [-0.4, -0.2) is 16.2 Å². The fraction of sp³-hybridized carbons (Fsp3) is 0.333. The first kappa shape index (κ1) is 17.0. The van der Waals surface area contributed by atoms with Crippen LogP contribution in [0.3, 0.4) is 0 Å². The molecule has 0 radical (unpaired) electrons. The molecule has 5 heteroatoms. The Morgan fingerprint density at radius 1 is 1.30 bits per heavy atom. The molecule has 0 amide bonds. The van der Waals surface area contributed by atoms with Crippen molar-refractivity contribution in [1.82, 2.24) is 9.55 Å². The molecule has 0 saturated carbocycles. The molecule has 0 aliphatic heterocycles. The lowest BCUT2D eigenvalue weighted by molar-refractivity contribution is 0.0821. The van der Waals surface area contributed by atoms with Crippen LogP contribution in [0, 0.1) is 0 Å². The maximum atomic E-state index is 12.3. The highest BCUT2D eigenvalue weighted by molar-refractivity contribution is 5.30. The predicted octanol–water partition coefficient (Wildman–Crippen LogP) is 2.41. The summed E-state index contributed by atoms with van der Waals surface area (Å²) in [5, 5.41) is 0. The van der Waals surface area contributed by atoms with Crippen molar-refractivity contribution in [3.63, 3.8) is 0 Å². The summed E-state index contributed by atoms with van der Waals surface area (Å²) < 4.78 is 6.90. The zero-order chi connectivity index (χ0) is 16.8. The van der Waals surface area contributed by atoms with Gasteiger partial charge < -0.3 is 4.74 Å². The van der Waals surface area contributed by atoms with Gasteiger partial charge in [-0.15, -0.1) is 6.58 Å². The number of hydrogen-bond donors (Lipinski definition) is 1. The van der Waals surface area contributed by atoms with Gasteiger partial charge in [0.2, 0.25) is 0 Å². The highest BCUT2D eigenvalue weighted by Gasteiger charge is 2.18. The zero-order valence-corrected chi connectivity index (χ0v) is 13.5. The standard InChI is InChI=1S/C18H22N2O3/c1-4-13(3)16-15(11-14-9-7-6-8-10-14)20(12-23-5-2)18(22)19-17(16)21/h4,6-10,13H,1,5,11-12H2,2-3H3,(H,19,21,22). The van der Waals surface area contributed by atoms with Crippen molar-refractivity contribution in [2.45, 2.75) is 32.9 Å². The fourth-order valence-electron chi connectivity index (χ4n) is 2.52. The number of nitrogens with one attached hydrogen (secondary N) is 1. The number of nitrogens with zero attached hydrogens (tertiary/aromatic N) is 1. The maximum Gasteiger partial charge on any atom is 0.330 e. The van der Waals surface area contributed by atoms with E-state index in [-0.39, 0.29) is 18.2 Å². The highest BCUT2D eigenvalue weighted by atomic mass is 16.5. The van der Waals surface area contributed by atoms with Gasteiger partial charge in [0.25, 0.3) is 5.56 Å². The van der Waals surface area contributed by atoms with Gasteiger partial charge in [0.05, 0.1) is 0 Å². The van der Waals surface area contributed by atoms with Crippen molar-refractivity contribution >= 4 is 0 Å². The summed E-state index contributed by atoms with van der Waals surface area (Å²) in [4.78, 5) is 26.9. The predicted molar refractivity (Wildman–Crippen MR) is 90.8 cm³/mol. The molecule has 5 nitrogen and oxygen atoms in total. The summed E-state index contributed by atoms with van der Waals surface area (Å²) in [6, 6.07) is 9.74. The van der Waals surface area contributed by atoms with Crippen LogP contribution in [0.5, 0.6) is 0 Å². The number of aromatic nitrogens is 2. The van der Waals surface area contributed by atoms with Crippen LogP contribution >= 0.6 is 0 Å². The van der Waals surface area contributed by atoms with Gasteiger partial charge in [-0.3, -0.25) is 14.3 Å². The molecule has 0 bridgehead atoms. The summed E-state index contributed by atoms with van der Waals surface area (Å²) in [6.07, 6.45) is 2.19. The Morgan fingerprint density at radius 3 is 2.61 bits per heavy atom. The summed E-state index contributed by atoms with van der Waals surface area (Å²) in [5.74, 6) is -0.161. The van der Waals surface area contributed by atoms with Gasteiger partial charge in [0, 0.05) is 30.2 Å². The van der Waals surface area contributed by atoms with E-state index in [4.69, 9.17) is 4.74 Å². The first-order valence-corrected chi connectivity index (χ1v) is 7.68. The molecule has 0 fully saturated rings. The van der Waals surface area contributed by atoms with E-state index in [9.17, 15) is 9.59 Å². The third-order valence-electron chi connectivity index (χ3n) is 3.79. The molecule has 2 rings (SSSR count). The number of hydrogen-bond acceptors (Lipinski definition) is 3. The van der Waals surface area contributed by atoms with E-state index in [0.29, 0.717) is 24.3 Å². The van der Waals surface area contributed by atoms with Crippen LogP contribution in [-0.2, 0) is 17.9 Å². The molecule has 1 N–H and O–H groups in total. The normalized spacial score (nSPS) is 12.1. The van der Waals surface area contributed by atoms with Gasteiger partial charge in [-0.25, -0.2) is 4.79 Å². The third-order valence-corrected chi connectivity index (χ3v) is 3.79. The minimum atomic E-state index is -0.450. The Balaban J connectivity index is 2.63. The van der Waals surface area contributed by atoms with Gasteiger partial charge in [0.1, 0.15) is 6.73 Å². The molecule has 1 aromatic carbocycles. The number of rotatable bonds is 7. The SMILES string of the molecule is C=CC(C)c1c(Cc2ccccc2)n(COCC)c(=O)[nH]c1=O. The second kappa shape index (κ2) is 7.74. The average Bonchev–Trinajstić information content (AvgIpc) is 2.55. The molecule has 2 aromatic rings. The van der Waals surface area contributed by atoms with Crippen LogP contribution < -0.4 is 11.2 Å². The van der Waals surface area contributed by atoms with Gasteiger partial charge >= 0.3 is 5.69 Å². The maximum absolute atomic E-state index is 12.3. The number of aromatic amines is 1. The number of H-pyrrole nitrogens is 1. The zero-order valence-electron chi connectivity index (χ0n) is 13.5. The smallest absolute Gasteiger partial charge is 0.330 e. The van der Waals surface area contributed by atoms with Gasteiger partial charge in [-0.2, -0.15) is 0 Å². The second-order valence-electron chi connectivity index (χ2n) is 5.36. The first-order chi connectivity index (χ1) is 11.1. The molecule has 1 heterocycles. The Hall–Kier alpha value is -2.40. The Kier molecular flexibility index (Phi) is 5.71. The van der Waals surface area contributed by atoms with Crippen LogP contribution in [0.15, 0.2) is 52.6 Å². The van der Waals surface area contributed by atoms with E-state index >= 15 is 0 Å². The average molecular weight is 314 g/mol. The molecule has 23 heavy (non-hydrogen) atoms. The topological polar surface area (TPSA) is 64.1 Å². The number of ether oxygens (including phenoxy) is 1. The molecule has 0 aliphatic carbocycles. The molecular formula is C18H22N2O3. The molecule has 0 saturated heterocycles. The molecule has 122 valence electrons. The number of benzene rings is 1. The lowest BCUT2D eigenvalue weighted by Crippen LogP contribution is -2.36. The molecule has 0 spiro atoms. The van der Waals surface area contributed by atoms with Crippen LogP contribution in [0.2, 0.25) is 0 Å². The summed E-state index contributed by atoms with van der Waals surface area (Å²) in [5.41, 5.74) is 1.45. The van der Waals surface area contributed by atoms with E-state index in [1.807, 2.05) is 44.2 Å². The first-order valence-electron chi connectivity index (χ1n) is 7.68. The van der Waals surface area contributed by atoms with E-state index in [2.05, 4.69) is 11.6 Å². The largest absolute Gasteiger partial charge is 0.361 e. The summed E-state index contributed by atoms with van der Waals surface area (Å²) in [7, 11) is 0. The molecule has 1 aromatic heterocycles. The van der Waals surface area contributed by atoms with E-state index in [1.54, 1.807) is 6.08 Å². The Morgan fingerprint density at radius 2 is 2.00 bits per heavy atom. The van der Waals surface area contributed by atoms with E-state index in [0.717, 1.165) is 5.56 Å². The van der Waals surface area contributed by atoms with Crippen molar-refractivity contribution in [1.29, 1.82) is 0 Å². The van der Waals surface area contributed by atoms with Gasteiger partial charge in [-0.1, -0.05) is 43.3 Å². The van der Waals surface area contributed by atoms with Crippen molar-refractivity contribution in [2.24, 2.45) is 0 Å². The minimum absolute atomic E-state index is 0.116. The summed E-state index contributed by atoms with van der Waals surface area (Å²) >= 11 is 0. The quantitative estimate of drug-likeness (QED) is 0.798. The van der Waals surface area contributed by atoms with Crippen molar-refractivity contribution in [3.05, 3.63) is 80.6 Å². The monoisotopic (exact) mass is 314 g/mol. The number of allylic oxidation sites excluding steroid dienone is 1. The minimum Gasteiger partial charge on any atom is -0.361 e. The molecule has 0 aliphatic rings. The molecular weight excluding hydrogens is 292 g/mol. The van der Waals surface area contributed by atoms with Crippen LogP contribution in [0.1, 0.15) is 36.6 Å². The second-order valence-corrected chi connectivity index (χ2v) is 5.36. The Labute approximate surface area is 135 Å².